The lowest BCUT2D eigenvalue weighted by Gasteiger charge is -2.03. The van der Waals surface area contributed by atoms with E-state index in [1.807, 2.05) is 26.0 Å². The van der Waals surface area contributed by atoms with Crippen LogP contribution in [0.4, 0.5) is 8.78 Å². The highest BCUT2D eigenvalue weighted by Crippen LogP contribution is 2.12. The number of halogens is 2. The van der Waals surface area contributed by atoms with Crippen LogP contribution in [0, 0.1) is 23.7 Å². The second-order valence-corrected chi connectivity index (χ2v) is 5.55. The molecule has 26 heavy (non-hydrogen) atoms. The first kappa shape index (κ1) is 19.3. The standard InChI is InChI=1S/C23H20F2O/c1-3-17-26-21-13-9-20(10-14-21)12-16-23(25)22(24)15-11-19-7-5-18(4-2)6-8-19/h5-10,13-14H,3-4,17H2,1-2H3/b23-22+. The highest BCUT2D eigenvalue weighted by molar-refractivity contribution is 5.46. The van der Waals surface area contributed by atoms with Gasteiger partial charge < -0.3 is 4.74 Å². The fourth-order valence-corrected chi connectivity index (χ4v) is 2.04. The zero-order valence-electron chi connectivity index (χ0n) is 14.9. The van der Waals surface area contributed by atoms with Gasteiger partial charge in [-0.1, -0.05) is 37.8 Å². The summed E-state index contributed by atoms with van der Waals surface area (Å²) in [6.07, 6.45) is 1.83. The van der Waals surface area contributed by atoms with Crippen molar-refractivity contribution in [3.8, 4) is 29.4 Å². The Morgan fingerprint density at radius 2 is 1.31 bits per heavy atom. The molecule has 0 aliphatic heterocycles. The van der Waals surface area contributed by atoms with E-state index in [2.05, 4.69) is 23.7 Å². The second kappa shape index (κ2) is 10.1. The topological polar surface area (TPSA) is 9.23 Å². The van der Waals surface area contributed by atoms with Gasteiger partial charge in [-0.25, -0.2) is 0 Å². The number of allylic oxidation sites excluding steroid dienone is 2. The third-order valence-electron chi connectivity index (χ3n) is 3.52. The van der Waals surface area contributed by atoms with E-state index < -0.39 is 11.7 Å². The Balaban J connectivity index is 2.06. The maximum Gasteiger partial charge on any atom is 0.217 e. The number of hydrogen-bond donors (Lipinski definition) is 0. The minimum Gasteiger partial charge on any atom is -0.494 e. The molecule has 0 bridgehead atoms. The first-order chi connectivity index (χ1) is 12.6. The summed E-state index contributed by atoms with van der Waals surface area (Å²) in [5.74, 6) is 7.88. The minimum atomic E-state index is -1.17. The van der Waals surface area contributed by atoms with Gasteiger partial charge in [-0.3, -0.25) is 0 Å². The molecule has 2 rings (SSSR count). The van der Waals surface area contributed by atoms with E-state index in [1.54, 1.807) is 36.4 Å². The van der Waals surface area contributed by atoms with Crippen molar-refractivity contribution in [1.29, 1.82) is 0 Å². The first-order valence-electron chi connectivity index (χ1n) is 8.53. The summed E-state index contributed by atoms with van der Waals surface area (Å²) in [7, 11) is 0. The van der Waals surface area contributed by atoms with Gasteiger partial charge in [-0.15, -0.1) is 0 Å². The van der Waals surface area contributed by atoms with Crippen molar-refractivity contribution in [1.82, 2.24) is 0 Å². The van der Waals surface area contributed by atoms with Gasteiger partial charge >= 0.3 is 0 Å². The summed E-state index contributed by atoms with van der Waals surface area (Å²) in [5.41, 5.74) is 2.36. The van der Waals surface area contributed by atoms with Crippen molar-refractivity contribution in [3.63, 3.8) is 0 Å². The SMILES string of the molecule is CCCOc1ccc(C#C/C(F)=C(\F)C#Cc2ccc(CC)cc2)cc1. The van der Waals surface area contributed by atoms with E-state index in [9.17, 15) is 8.78 Å². The normalized spacial score (nSPS) is 10.8. The number of ether oxygens (including phenoxy) is 1. The number of rotatable bonds is 4. The molecule has 132 valence electrons. The molecular formula is C23H20F2O. The van der Waals surface area contributed by atoms with Crippen molar-refractivity contribution in [3.05, 3.63) is 76.9 Å². The molecule has 0 aliphatic rings. The Morgan fingerprint density at radius 3 is 1.77 bits per heavy atom. The fraction of sp³-hybridized carbons (Fsp3) is 0.217. The van der Waals surface area contributed by atoms with Crippen molar-refractivity contribution < 1.29 is 13.5 Å². The zero-order valence-corrected chi connectivity index (χ0v) is 14.9. The van der Waals surface area contributed by atoms with E-state index in [-0.39, 0.29) is 0 Å². The van der Waals surface area contributed by atoms with E-state index in [0.29, 0.717) is 17.7 Å². The van der Waals surface area contributed by atoms with E-state index >= 15 is 0 Å². The largest absolute Gasteiger partial charge is 0.494 e. The summed E-state index contributed by atoms with van der Waals surface area (Å²) in [6.45, 7) is 4.70. The van der Waals surface area contributed by atoms with Crippen molar-refractivity contribution in [2.75, 3.05) is 6.61 Å². The van der Waals surface area contributed by atoms with Gasteiger partial charge in [0, 0.05) is 11.1 Å². The maximum absolute atomic E-state index is 13.8. The van der Waals surface area contributed by atoms with Gasteiger partial charge in [-0.2, -0.15) is 8.78 Å². The average Bonchev–Trinajstić information content (AvgIpc) is 2.69. The highest BCUT2D eigenvalue weighted by Gasteiger charge is 1.99. The van der Waals surface area contributed by atoms with Crippen LogP contribution in [0.25, 0.3) is 0 Å². The monoisotopic (exact) mass is 350 g/mol. The van der Waals surface area contributed by atoms with Crippen molar-refractivity contribution in [2.45, 2.75) is 26.7 Å². The molecule has 0 radical (unpaired) electrons. The second-order valence-electron chi connectivity index (χ2n) is 5.55. The molecule has 0 unspecified atom stereocenters. The van der Waals surface area contributed by atoms with E-state index in [0.717, 1.165) is 24.2 Å². The fourth-order valence-electron chi connectivity index (χ4n) is 2.04. The third-order valence-corrected chi connectivity index (χ3v) is 3.52. The molecule has 0 N–H and O–H groups in total. The Kier molecular flexibility index (Phi) is 7.47. The van der Waals surface area contributed by atoms with Crippen LogP contribution in [0.1, 0.15) is 37.0 Å². The smallest absolute Gasteiger partial charge is 0.217 e. The predicted octanol–water partition coefficient (Wildman–Crippen LogP) is 5.59. The summed E-state index contributed by atoms with van der Waals surface area (Å²) in [5, 5.41) is 0. The quantitative estimate of drug-likeness (QED) is 0.653. The Hall–Kier alpha value is -3.04. The Labute approximate surface area is 153 Å². The summed E-state index contributed by atoms with van der Waals surface area (Å²) in [6, 6.07) is 14.3. The molecule has 2 aromatic rings. The Bertz CT molecular complexity index is 870. The molecule has 0 saturated carbocycles. The van der Waals surface area contributed by atoms with Gasteiger partial charge in [0.05, 0.1) is 6.61 Å². The lowest BCUT2D eigenvalue weighted by atomic mass is 10.1. The van der Waals surface area contributed by atoms with Crippen LogP contribution in [-0.4, -0.2) is 6.61 Å². The number of hydrogen-bond acceptors (Lipinski definition) is 1. The van der Waals surface area contributed by atoms with Crippen LogP contribution in [0.15, 0.2) is 60.2 Å². The van der Waals surface area contributed by atoms with Crippen LogP contribution in [0.5, 0.6) is 5.75 Å². The van der Waals surface area contributed by atoms with Crippen LogP contribution >= 0.6 is 0 Å². The van der Waals surface area contributed by atoms with E-state index in [4.69, 9.17) is 4.74 Å². The van der Waals surface area contributed by atoms with Crippen LogP contribution < -0.4 is 4.74 Å². The molecule has 0 amide bonds. The molecule has 0 aliphatic carbocycles. The van der Waals surface area contributed by atoms with Crippen LogP contribution in [0.3, 0.4) is 0 Å². The maximum atomic E-state index is 13.8. The molecule has 0 spiro atoms. The third kappa shape index (κ3) is 6.11. The number of aryl methyl sites for hydroxylation is 1. The molecule has 3 heteroatoms. The molecule has 0 atom stereocenters. The van der Waals surface area contributed by atoms with Gasteiger partial charge in [0.1, 0.15) is 5.75 Å². The van der Waals surface area contributed by atoms with Gasteiger partial charge in [0.15, 0.2) is 0 Å². The van der Waals surface area contributed by atoms with Crippen molar-refractivity contribution >= 4 is 0 Å². The number of benzene rings is 2. The van der Waals surface area contributed by atoms with Crippen LogP contribution in [0.2, 0.25) is 0 Å². The molecule has 0 saturated heterocycles. The van der Waals surface area contributed by atoms with Gasteiger partial charge in [-0.05, 0) is 66.6 Å². The molecule has 0 fully saturated rings. The lowest BCUT2D eigenvalue weighted by molar-refractivity contribution is 0.317. The zero-order chi connectivity index (χ0) is 18.8. The molecule has 1 nitrogen and oxygen atoms in total. The van der Waals surface area contributed by atoms with Gasteiger partial charge in [0.2, 0.25) is 11.7 Å². The molecular weight excluding hydrogens is 330 g/mol. The highest BCUT2D eigenvalue weighted by atomic mass is 19.2. The predicted molar refractivity (Wildman–Crippen MR) is 101 cm³/mol. The molecule has 0 aromatic heterocycles. The Morgan fingerprint density at radius 1 is 0.808 bits per heavy atom. The summed E-state index contributed by atoms with van der Waals surface area (Å²) in [4.78, 5) is 0. The lowest BCUT2D eigenvalue weighted by Crippen LogP contribution is -1.94. The first-order valence-corrected chi connectivity index (χ1v) is 8.53. The molecule has 0 heterocycles. The minimum absolute atomic E-state index is 0.569. The van der Waals surface area contributed by atoms with Crippen LogP contribution in [-0.2, 0) is 6.42 Å². The van der Waals surface area contributed by atoms with Crippen molar-refractivity contribution in [2.24, 2.45) is 0 Å². The molecule has 2 aromatic carbocycles. The average molecular weight is 350 g/mol. The van der Waals surface area contributed by atoms with E-state index in [1.165, 1.54) is 0 Å². The van der Waals surface area contributed by atoms with Gasteiger partial charge in [0.25, 0.3) is 0 Å². The summed E-state index contributed by atoms with van der Waals surface area (Å²) >= 11 is 0. The summed E-state index contributed by atoms with van der Waals surface area (Å²) < 4.78 is 32.9.